The molecule has 2 saturated heterocycles. The molecular formula is C29H35N7O3. The van der Waals surface area contributed by atoms with E-state index in [2.05, 4.69) is 32.5 Å². The van der Waals surface area contributed by atoms with Crippen LogP contribution in [0.25, 0.3) is 22.5 Å². The number of methoxy groups -OCH3 is 1. The molecule has 4 N–H and O–H groups in total. The fraction of sp³-hybridized carbons (Fsp3) is 0.414. The maximum atomic E-state index is 14.1. The Morgan fingerprint density at radius 2 is 1.85 bits per heavy atom. The maximum Gasteiger partial charge on any atom is 0.334 e. The highest BCUT2D eigenvalue weighted by molar-refractivity contribution is 6.27. The number of ketones is 1. The van der Waals surface area contributed by atoms with Crippen LogP contribution >= 0.6 is 0 Å². The number of rotatable bonds is 6. The molecule has 0 saturated carbocycles. The number of amides is 2. The minimum atomic E-state index is -0.634. The first kappa shape index (κ1) is 25.5. The number of carbonyl (C=O) groups excluding carboxylic acids is 2. The zero-order valence-electron chi connectivity index (χ0n) is 22.7. The molecule has 39 heavy (non-hydrogen) atoms. The van der Waals surface area contributed by atoms with Crippen molar-refractivity contribution in [3.8, 4) is 22.5 Å². The van der Waals surface area contributed by atoms with Gasteiger partial charge in [-0.05, 0) is 44.9 Å². The van der Waals surface area contributed by atoms with E-state index in [0.717, 1.165) is 50.3 Å². The maximum absolute atomic E-state index is 14.1. The van der Waals surface area contributed by atoms with Crippen LogP contribution in [0.1, 0.15) is 42.6 Å². The summed E-state index contributed by atoms with van der Waals surface area (Å²) >= 11 is 0. The predicted molar refractivity (Wildman–Crippen MR) is 151 cm³/mol. The van der Waals surface area contributed by atoms with Gasteiger partial charge in [-0.25, -0.2) is 14.8 Å². The molecule has 2 aromatic carbocycles. The molecule has 3 aliphatic rings. The van der Waals surface area contributed by atoms with Crippen LogP contribution in [-0.4, -0.2) is 78.5 Å². The van der Waals surface area contributed by atoms with Crippen molar-refractivity contribution < 1.29 is 14.3 Å². The number of fused-ring (bicyclic) bond motifs is 3. The molecule has 0 bridgehead atoms. The number of nitrogens with zero attached hydrogens (tertiary/aromatic N) is 4. The molecule has 10 nitrogen and oxygen atoms in total. The standard InChI is InChI=1S/C29H35N7O3/c1-29(2,39-3)22-8-5-15-35(22)36(28(30)38)21-7-4-6-20-23(21)27(37)24-25(32-33-26(20)24)18-9-11-19(12-10-18)34-16-13-31-14-17-34/h4,6-7,9-12,22,31H,5,8,13-17H2,1-3H3,(H2,30,38)(H,32,33). The Morgan fingerprint density at radius 1 is 1.10 bits per heavy atom. The molecule has 2 fully saturated rings. The fourth-order valence-electron chi connectivity index (χ4n) is 6.22. The lowest BCUT2D eigenvalue weighted by Crippen LogP contribution is -2.58. The van der Waals surface area contributed by atoms with E-state index in [1.54, 1.807) is 13.2 Å². The minimum Gasteiger partial charge on any atom is -0.377 e. The van der Waals surface area contributed by atoms with Crippen molar-refractivity contribution in [1.82, 2.24) is 20.5 Å². The summed E-state index contributed by atoms with van der Waals surface area (Å²) in [7, 11) is 1.67. The van der Waals surface area contributed by atoms with Gasteiger partial charge in [0.1, 0.15) is 5.69 Å². The number of hydrogen-bond acceptors (Lipinski definition) is 7. The number of piperazine rings is 1. The third-order valence-electron chi connectivity index (χ3n) is 8.40. The monoisotopic (exact) mass is 529 g/mol. The largest absolute Gasteiger partial charge is 0.377 e. The zero-order chi connectivity index (χ0) is 27.3. The number of urea groups is 1. The van der Waals surface area contributed by atoms with E-state index >= 15 is 0 Å². The number of hydrazine groups is 1. The molecule has 204 valence electrons. The molecule has 2 aliphatic heterocycles. The molecule has 0 spiro atoms. The Morgan fingerprint density at radius 3 is 2.54 bits per heavy atom. The van der Waals surface area contributed by atoms with Crippen molar-refractivity contribution in [2.75, 3.05) is 49.7 Å². The van der Waals surface area contributed by atoms with Crippen LogP contribution < -0.4 is 21.0 Å². The van der Waals surface area contributed by atoms with Crippen molar-refractivity contribution in [2.24, 2.45) is 5.73 Å². The highest BCUT2D eigenvalue weighted by atomic mass is 16.5. The summed E-state index contributed by atoms with van der Waals surface area (Å²) in [5.41, 5.74) is 10.9. The Labute approximate surface area is 228 Å². The minimum absolute atomic E-state index is 0.0788. The van der Waals surface area contributed by atoms with Gasteiger partial charge in [-0.3, -0.25) is 9.89 Å². The van der Waals surface area contributed by atoms with Crippen LogP contribution in [0.5, 0.6) is 0 Å². The summed E-state index contributed by atoms with van der Waals surface area (Å²) < 4.78 is 5.77. The quantitative estimate of drug-likeness (QED) is 0.350. The van der Waals surface area contributed by atoms with Crippen LogP contribution in [0, 0.1) is 0 Å². The summed E-state index contributed by atoms with van der Waals surface area (Å²) in [5, 5.41) is 14.4. The molecule has 10 heteroatoms. The number of H-pyrrole nitrogens is 1. The summed E-state index contributed by atoms with van der Waals surface area (Å²) in [6.07, 6.45) is 1.74. The molecule has 3 aromatic rings. The number of nitrogens with two attached hydrogens (primary N) is 1. The van der Waals surface area contributed by atoms with E-state index in [0.29, 0.717) is 40.3 Å². The number of nitrogens with one attached hydrogen (secondary N) is 2. The third-order valence-corrected chi connectivity index (χ3v) is 8.40. The molecule has 1 unspecified atom stereocenters. The first-order chi connectivity index (χ1) is 18.8. The second-order valence-corrected chi connectivity index (χ2v) is 10.9. The molecule has 2 amide bonds. The van der Waals surface area contributed by atoms with Crippen LogP contribution in [-0.2, 0) is 4.74 Å². The van der Waals surface area contributed by atoms with E-state index in [-0.39, 0.29) is 11.8 Å². The van der Waals surface area contributed by atoms with E-state index in [9.17, 15) is 9.59 Å². The highest BCUT2D eigenvalue weighted by Crippen LogP contribution is 2.45. The second-order valence-electron chi connectivity index (χ2n) is 10.9. The highest BCUT2D eigenvalue weighted by Gasteiger charge is 2.44. The van der Waals surface area contributed by atoms with Gasteiger partial charge in [0, 0.05) is 56.6 Å². The summed E-state index contributed by atoms with van der Waals surface area (Å²) in [6, 6.07) is 13.0. The second kappa shape index (κ2) is 9.78. The van der Waals surface area contributed by atoms with Crippen molar-refractivity contribution in [2.45, 2.75) is 38.3 Å². The third kappa shape index (κ3) is 4.19. The molecular weight excluding hydrogens is 494 g/mol. The van der Waals surface area contributed by atoms with Gasteiger partial charge in [-0.1, -0.05) is 24.3 Å². The average Bonchev–Trinajstić information content (AvgIpc) is 3.67. The topological polar surface area (TPSA) is 120 Å². The average molecular weight is 530 g/mol. The lowest BCUT2D eigenvalue weighted by Gasteiger charge is -2.42. The number of aromatic amines is 1. The number of benzene rings is 2. The Bertz CT molecular complexity index is 1410. The molecule has 1 aromatic heterocycles. The molecule has 0 radical (unpaired) electrons. The SMILES string of the molecule is COC(C)(C)C1CCCN1N(C(N)=O)c1cccc2c1C(=O)c1c-2n[nH]c1-c1ccc(N2CCNCC2)cc1. The summed E-state index contributed by atoms with van der Waals surface area (Å²) in [6.45, 7) is 8.50. The molecule has 1 atom stereocenters. The van der Waals surface area contributed by atoms with E-state index in [4.69, 9.17) is 10.5 Å². The number of carbonyl (C=O) groups is 2. The molecule has 3 heterocycles. The van der Waals surface area contributed by atoms with Gasteiger partial charge in [-0.15, -0.1) is 0 Å². The van der Waals surface area contributed by atoms with Gasteiger partial charge < -0.3 is 20.7 Å². The number of anilines is 2. The smallest absolute Gasteiger partial charge is 0.334 e. The lowest BCUT2D eigenvalue weighted by atomic mass is 9.97. The molecule has 1 aliphatic carbocycles. The van der Waals surface area contributed by atoms with Crippen molar-refractivity contribution in [3.63, 3.8) is 0 Å². The Balaban J connectivity index is 1.36. The van der Waals surface area contributed by atoms with E-state index in [1.807, 2.05) is 43.1 Å². The van der Waals surface area contributed by atoms with Crippen molar-refractivity contribution in [1.29, 1.82) is 0 Å². The Kier molecular flexibility index (Phi) is 6.41. The lowest BCUT2D eigenvalue weighted by molar-refractivity contribution is -0.0404. The van der Waals surface area contributed by atoms with E-state index < -0.39 is 11.6 Å². The van der Waals surface area contributed by atoms with E-state index in [1.165, 1.54) is 5.01 Å². The van der Waals surface area contributed by atoms with Gasteiger partial charge >= 0.3 is 6.03 Å². The zero-order valence-corrected chi connectivity index (χ0v) is 22.7. The van der Waals surface area contributed by atoms with Gasteiger partial charge in [0.25, 0.3) is 0 Å². The summed E-state index contributed by atoms with van der Waals surface area (Å²) in [5.74, 6) is -0.168. The first-order valence-electron chi connectivity index (χ1n) is 13.6. The normalized spacial score (nSPS) is 19.3. The van der Waals surface area contributed by atoms with Gasteiger partial charge in [-0.2, -0.15) is 5.10 Å². The Hall–Kier alpha value is -3.73. The predicted octanol–water partition coefficient (Wildman–Crippen LogP) is 3.39. The number of primary amides is 1. The summed E-state index contributed by atoms with van der Waals surface area (Å²) in [4.78, 5) is 29.3. The van der Waals surface area contributed by atoms with Crippen molar-refractivity contribution in [3.05, 3.63) is 53.6 Å². The van der Waals surface area contributed by atoms with Crippen LogP contribution in [0.4, 0.5) is 16.2 Å². The van der Waals surface area contributed by atoms with Gasteiger partial charge in [0.2, 0.25) is 0 Å². The fourth-order valence-corrected chi connectivity index (χ4v) is 6.22. The van der Waals surface area contributed by atoms with Crippen molar-refractivity contribution >= 4 is 23.2 Å². The molecule has 6 rings (SSSR count). The number of ether oxygens (including phenoxy) is 1. The first-order valence-corrected chi connectivity index (χ1v) is 13.6. The van der Waals surface area contributed by atoms with Crippen LogP contribution in [0.2, 0.25) is 0 Å². The number of aromatic nitrogens is 2. The van der Waals surface area contributed by atoms with Gasteiger partial charge in [0.15, 0.2) is 5.78 Å². The number of hydrogen-bond donors (Lipinski definition) is 3. The van der Waals surface area contributed by atoms with Crippen LogP contribution in [0.15, 0.2) is 42.5 Å². The van der Waals surface area contributed by atoms with Crippen LogP contribution in [0.3, 0.4) is 0 Å². The van der Waals surface area contributed by atoms with Gasteiger partial charge in [0.05, 0.1) is 34.2 Å².